The van der Waals surface area contributed by atoms with Crippen LogP contribution in [0.25, 0.3) is 10.2 Å². The van der Waals surface area contributed by atoms with Crippen molar-refractivity contribution in [3.05, 3.63) is 40.3 Å². The summed E-state index contributed by atoms with van der Waals surface area (Å²) in [6.45, 7) is 3.72. The first-order chi connectivity index (χ1) is 9.13. The number of fused-ring (bicyclic) bond motifs is 1. The zero-order valence-electron chi connectivity index (χ0n) is 10.4. The maximum atomic E-state index is 6.06. The number of hydrogen-bond acceptors (Lipinski definition) is 5. The van der Waals surface area contributed by atoms with E-state index in [4.69, 9.17) is 11.6 Å². The molecule has 4 nitrogen and oxygen atoms in total. The summed E-state index contributed by atoms with van der Waals surface area (Å²) in [5.74, 6) is 1.39. The summed E-state index contributed by atoms with van der Waals surface area (Å²) in [4.78, 5) is 12.8. The number of halogens is 1. The molecule has 0 spiro atoms. The van der Waals surface area contributed by atoms with Gasteiger partial charge in [-0.3, -0.25) is 0 Å². The van der Waals surface area contributed by atoms with E-state index in [1.54, 1.807) is 11.3 Å². The number of hydrogen-bond donors (Lipinski definition) is 1. The topological polar surface area (TPSA) is 50.7 Å². The van der Waals surface area contributed by atoms with Crippen LogP contribution in [0.15, 0.2) is 23.7 Å². The number of rotatable bonds is 2. The molecule has 0 aliphatic rings. The van der Waals surface area contributed by atoms with Crippen molar-refractivity contribution in [2.24, 2.45) is 0 Å². The molecule has 1 aromatic carbocycles. The van der Waals surface area contributed by atoms with Crippen LogP contribution < -0.4 is 5.32 Å². The Morgan fingerprint density at radius 1 is 1.21 bits per heavy atom. The van der Waals surface area contributed by atoms with E-state index in [-0.39, 0.29) is 0 Å². The van der Waals surface area contributed by atoms with E-state index < -0.39 is 0 Å². The van der Waals surface area contributed by atoms with Gasteiger partial charge in [0.2, 0.25) is 0 Å². The molecule has 0 saturated carbocycles. The molecule has 2 heterocycles. The third kappa shape index (κ3) is 2.39. The fourth-order valence-electron chi connectivity index (χ4n) is 1.79. The van der Waals surface area contributed by atoms with Crippen molar-refractivity contribution >= 4 is 44.7 Å². The second kappa shape index (κ2) is 4.75. The van der Waals surface area contributed by atoms with Crippen molar-refractivity contribution in [1.29, 1.82) is 0 Å². The highest BCUT2D eigenvalue weighted by Crippen LogP contribution is 2.26. The molecule has 6 heteroatoms. The SMILES string of the molecule is Cc1nc(Cl)c(C)c(Nc2ccc3ncsc3c2)n1. The van der Waals surface area contributed by atoms with Gasteiger partial charge in [-0.05, 0) is 32.0 Å². The maximum absolute atomic E-state index is 6.06. The van der Waals surface area contributed by atoms with E-state index in [9.17, 15) is 0 Å². The molecule has 3 aromatic rings. The Labute approximate surface area is 119 Å². The number of aryl methyl sites for hydroxylation is 1. The second-order valence-electron chi connectivity index (χ2n) is 4.20. The van der Waals surface area contributed by atoms with Crippen molar-refractivity contribution < 1.29 is 0 Å². The lowest BCUT2D eigenvalue weighted by atomic mass is 10.2. The fourth-order valence-corrected chi connectivity index (χ4v) is 2.71. The Morgan fingerprint density at radius 2 is 2.05 bits per heavy atom. The van der Waals surface area contributed by atoms with Crippen molar-refractivity contribution in [2.75, 3.05) is 5.32 Å². The smallest absolute Gasteiger partial charge is 0.138 e. The summed E-state index contributed by atoms with van der Waals surface area (Å²) in [6, 6.07) is 6.02. The average molecular weight is 291 g/mol. The minimum atomic E-state index is 0.480. The summed E-state index contributed by atoms with van der Waals surface area (Å²) in [5.41, 5.74) is 4.65. The zero-order valence-corrected chi connectivity index (χ0v) is 12.0. The first-order valence-electron chi connectivity index (χ1n) is 5.74. The normalized spacial score (nSPS) is 10.9. The largest absolute Gasteiger partial charge is 0.340 e. The summed E-state index contributed by atoms with van der Waals surface area (Å²) < 4.78 is 1.14. The number of nitrogens with one attached hydrogen (secondary N) is 1. The van der Waals surface area contributed by atoms with Gasteiger partial charge in [-0.15, -0.1) is 11.3 Å². The predicted octanol–water partition coefficient (Wildman–Crippen LogP) is 4.10. The molecule has 0 bridgehead atoms. The van der Waals surface area contributed by atoms with Crippen molar-refractivity contribution in [3.8, 4) is 0 Å². The van der Waals surface area contributed by atoms with Gasteiger partial charge in [-0.2, -0.15) is 0 Å². The van der Waals surface area contributed by atoms with E-state index in [0.717, 1.165) is 27.3 Å². The van der Waals surface area contributed by atoms with Crippen LogP contribution in [0.1, 0.15) is 11.4 Å². The van der Waals surface area contributed by atoms with Gasteiger partial charge in [0, 0.05) is 11.3 Å². The van der Waals surface area contributed by atoms with Crippen molar-refractivity contribution in [3.63, 3.8) is 0 Å². The molecule has 0 radical (unpaired) electrons. The van der Waals surface area contributed by atoms with E-state index in [2.05, 4.69) is 26.3 Å². The average Bonchev–Trinajstić information content (AvgIpc) is 2.82. The van der Waals surface area contributed by atoms with Gasteiger partial charge in [0.05, 0.1) is 15.7 Å². The summed E-state index contributed by atoms with van der Waals surface area (Å²) in [6.07, 6.45) is 0. The molecule has 0 atom stereocenters. The van der Waals surface area contributed by atoms with Gasteiger partial charge in [-0.25, -0.2) is 15.0 Å². The quantitative estimate of drug-likeness (QED) is 0.722. The molecule has 0 fully saturated rings. The van der Waals surface area contributed by atoms with Crippen LogP contribution in [0, 0.1) is 13.8 Å². The minimum absolute atomic E-state index is 0.480. The summed E-state index contributed by atoms with van der Waals surface area (Å²) >= 11 is 7.68. The number of anilines is 2. The molecule has 0 unspecified atom stereocenters. The first-order valence-corrected chi connectivity index (χ1v) is 7.00. The molecular formula is C13H11ClN4S. The monoisotopic (exact) mass is 290 g/mol. The van der Waals surface area contributed by atoms with Crippen molar-refractivity contribution in [2.45, 2.75) is 13.8 Å². The molecular weight excluding hydrogens is 280 g/mol. The van der Waals surface area contributed by atoms with Crippen LogP contribution in [0.4, 0.5) is 11.5 Å². The lowest BCUT2D eigenvalue weighted by Crippen LogP contribution is -2.01. The van der Waals surface area contributed by atoms with Crippen LogP contribution in [-0.4, -0.2) is 15.0 Å². The van der Waals surface area contributed by atoms with Crippen LogP contribution in [-0.2, 0) is 0 Å². The lowest BCUT2D eigenvalue weighted by molar-refractivity contribution is 1.04. The van der Waals surface area contributed by atoms with E-state index in [1.807, 2.05) is 31.5 Å². The van der Waals surface area contributed by atoms with E-state index in [1.165, 1.54) is 0 Å². The maximum Gasteiger partial charge on any atom is 0.138 e. The third-order valence-electron chi connectivity index (χ3n) is 2.79. The molecule has 0 saturated heterocycles. The molecule has 0 amide bonds. The molecule has 96 valence electrons. The van der Waals surface area contributed by atoms with Crippen LogP contribution in [0.2, 0.25) is 5.15 Å². The zero-order chi connectivity index (χ0) is 13.4. The highest BCUT2D eigenvalue weighted by molar-refractivity contribution is 7.16. The summed E-state index contributed by atoms with van der Waals surface area (Å²) in [7, 11) is 0. The predicted molar refractivity (Wildman–Crippen MR) is 79.4 cm³/mol. The molecule has 0 aliphatic heterocycles. The fraction of sp³-hybridized carbons (Fsp3) is 0.154. The molecule has 19 heavy (non-hydrogen) atoms. The third-order valence-corrected chi connectivity index (χ3v) is 3.95. The van der Waals surface area contributed by atoms with Gasteiger partial charge < -0.3 is 5.32 Å². The Balaban J connectivity index is 2.00. The van der Waals surface area contributed by atoms with Crippen molar-refractivity contribution in [1.82, 2.24) is 15.0 Å². The summed E-state index contributed by atoms with van der Waals surface area (Å²) in [5, 5.41) is 3.76. The molecule has 3 rings (SSSR count). The molecule has 1 N–H and O–H groups in total. The van der Waals surface area contributed by atoms with Gasteiger partial charge in [0.15, 0.2) is 0 Å². The number of aromatic nitrogens is 3. The standard InChI is InChI=1S/C13H11ClN4S/c1-7-12(14)16-8(2)17-13(7)18-9-3-4-10-11(5-9)19-6-15-10/h3-6H,1-2H3,(H,16,17,18). The Morgan fingerprint density at radius 3 is 2.89 bits per heavy atom. The number of benzene rings is 1. The first kappa shape index (κ1) is 12.3. The van der Waals surface area contributed by atoms with E-state index in [0.29, 0.717) is 11.0 Å². The van der Waals surface area contributed by atoms with Crippen LogP contribution >= 0.6 is 22.9 Å². The Bertz CT molecular complexity index is 753. The lowest BCUT2D eigenvalue weighted by Gasteiger charge is -2.10. The van der Waals surface area contributed by atoms with Gasteiger partial charge >= 0.3 is 0 Å². The van der Waals surface area contributed by atoms with Crippen LogP contribution in [0.3, 0.4) is 0 Å². The van der Waals surface area contributed by atoms with E-state index >= 15 is 0 Å². The molecule has 2 aromatic heterocycles. The molecule has 0 aliphatic carbocycles. The highest BCUT2D eigenvalue weighted by atomic mass is 35.5. The van der Waals surface area contributed by atoms with Gasteiger partial charge in [-0.1, -0.05) is 11.6 Å². The Hall–Kier alpha value is -1.72. The van der Waals surface area contributed by atoms with Gasteiger partial charge in [0.25, 0.3) is 0 Å². The number of nitrogens with zero attached hydrogens (tertiary/aromatic N) is 3. The highest BCUT2D eigenvalue weighted by Gasteiger charge is 2.08. The second-order valence-corrected chi connectivity index (χ2v) is 5.44. The Kier molecular flexibility index (Phi) is 3.08. The minimum Gasteiger partial charge on any atom is -0.340 e. The van der Waals surface area contributed by atoms with Gasteiger partial charge in [0.1, 0.15) is 16.8 Å². The number of thiazole rings is 1. The van der Waals surface area contributed by atoms with Crippen LogP contribution in [0.5, 0.6) is 0 Å².